The molecule has 0 unspecified atom stereocenters. The molecule has 0 aromatic carbocycles. The molecule has 2 rings (SSSR count). The van der Waals surface area contributed by atoms with E-state index in [0.717, 1.165) is 19.6 Å². The number of carbonyl (C=O) groups excluding carboxylic acids is 1. The molecule has 1 fully saturated rings. The Hall–Kier alpha value is -1.43. The van der Waals surface area contributed by atoms with Gasteiger partial charge >= 0.3 is 0 Å². The average Bonchev–Trinajstić information content (AvgIpc) is 2.74. The first-order valence-electron chi connectivity index (χ1n) is 6.07. The van der Waals surface area contributed by atoms with E-state index in [2.05, 4.69) is 25.2 Å². The molecule has 0 saturated carbocycles. The molecule has 6 heteroatoms. The largest absolute Gasteiger partial charge is 0.306 e. The van der Waals surface area contributed by atoms with Gasteiger partial charge < -0.3 is 10.2 Å². The van der Waals surface area contributed by atoms with Gasteiger partial charge in [0.2, 0.25) is 5.91 Å². The standard InChI is InChI=1S/C11H18N4O2/c1-9-11(14-17-13-9)12-10(16)5-8-15-6-3-2-4-7-15/h2-8H2,1H3,(H,12,14,16). The van der Waals surface area contributed by atoms with Gasteiger partial charge in [-0.05, 0) is 38.0 Å². The summed E-state index contributed by atoms with van der Waals surface area (Å²) < 4.78 is 4.52. The second-order valence-electron chi connectivity index (χ2n) is 4.40. The number of aromatic nitrogens is 2. The fraction of sp³-hybridized carbons (Fsp3) is 0.727. The van der Waals surface area contributed by atoms with E-state index in [1.165, 1.54) is 19.3 Å². The molecule has 1 saturated heterocycles. The lowest BCUT2D eigenvalue weighted by Crippen LogP contribution is -2.32. The minimum Gasteiger partial charge on any atom is -0.306 e. The van der Waals surface area contributed by atoms with Crippen LogP contribution in [0.15, 0.2) is 4.63 Å². The Morgan fingerprint density at radius 3 is 2.76 bits per heavy atom. The van der Waals surface area contributed by atoms with Crippen LogP contribution < -0.4 is 5.32 Å². The van der Waals surface area contributed by atoms with Gasteiger partial charge in [-0.1, -0.05) is 11.6 Å². The Morgan fingerprint density at radius 2 is 2.12 bits per heavy atom. The van der Waals surface area contributed by atoms with Crippen LogP contribution in [0.2, 0.25) is 0 Å². The number of anilines is 1. The average molecular weight is 238 g/mol. The van der Waals surface area contributed by atoms with Crippen LogP contribution in [0.25, 0.3) is 0 Å². The summed E-state index contributed by atoms with van der Waals surface area (Å²) in [7, 11) is 0. The van der Waals surface area contributed by atoms with Gasteiger partial charge in [-0.3, -0.25) is 4.79 Å². The van der Waals surface area contributed by atoms with Crippen molar-refractivity contribution in [2.75, 3.05) is 25.0 Å². The SMILES string of the molecule is Cc1nonc1NC(=O)CCN1CCCCC1. The maximum atomic E-state index is 11.7. The van der Waals surface area contributed by atoms with Crippen LogP contribution in [-0.4, -0.2) is 40.8 Å². The third-order valence-electron chi connectivity index (χ3n) is 3.01. The van der Waals surface area contributed by atoms with Gasteiger partial charge in [0.15, 0.2) is 5.82 Å². The number of hydrogen-bond acceptors (Lipinski definition) is 5. The first-order valence-corrected chi connectivity index (χ1v) is 6.07. The lowest BCUT2D eigenvalue weighted by atomic mass is 10.1. The summed E-state index contributed by atoms with van der Waals surface area (Å²) in [5, 5.41) is 9.92. The monoisotopic (exact) mass is 238 g/mol. The Labute approximate surface area is 100 Å². The van der Waals surface area contributed by atoms with Crippen molar-refractivity contribution in [3.05, 3.63) is 5.69 Å². The maximum absolute atomic E-state index is 11.7. The number of rotatable bonds is 4. The molecule has 0 atom stereocenters. The molecule has 1 N–H and O–H groups in total. The summed E-state index contributed by atoms with van der Waals surface area (Å²) >= 11 is 0. The molecule has 94 valence electrons. The quantitative estimate of drug-likeness (QED) is 0.853. The van der Waals surface area contributed by atoms with Gasteiger partial charge in [0.1, 0.15) is 5.69 Å². The second-order valence-corrected chi connectivity index (χ2v) is 4.40. The predicted molar refractivity (Wildman–Crippen MR) is 62.6 cm³/mol. The molecule has 0 radical (unpaired) electrons. The minimum atomic E-state index is -0.0330. The minimum absolute atomic E-state index is 0.0330. The van der Waals surface area contributed by atoms with Crippen molar-refractivity contribution in [1.29, 1.82) is 0 Å². The molecule has 0 spiro atoms. The molecule has 1 aromatic heterocycles. The Morgan fingerprint density at radius 1 is 1.35 bits per heavy atom. The van der Waals surface area contributed by atoms with Crippen molar-refractivity contribution >= 4 is 11.7 Å². The maximum Gasteiger partial charge on any atom is 0.226 e. The van der Waals surface area contributed by atoms with Gasteiger partial charge in [0.05, 0.1) is 0 Å². The Bertz CT molecular complexity index is 371. The van der Waals surface area contributed by atoms with Crippen molar-refractivity contribution in [3.63, 3.8) is 0 Å². The number of nitrogens with zero attached hydrogens (tertiary/aromatic N) is 3. The topological polar surface area (TPSA) is 71.3 Å². The van der Waals surface area contributed by atoms with Gasteiger partial charge in [0.25, 0.3) is 0 Å². The van der Waals surface area contributed by atoms with Gasteiger partial charge in [-0.2, -0.15) is 0 Å². The van der Waals surface area contributed by atoms with E-state index in [0.29, 0.717) is 17.9 Å². The number of carbonyl (C=O) groups is 1. The van der Waals surface area contributed by atoms with Crippen molar-refractivity contribution in [3.8, 4) is 0 Å². The van der Waals surface area contributed by atoms with Crippen molar-refractivity contribution in [1.82, 2.24) is 15.2 Å². The lowest BCUT2D eigenvalue weighted by molar-refractivity contribution is -0.116. The molecule has 2 heterocycles. The number of hydrogen-bond donors (Lipinski definition) is 1. The summed E-state index contributed by atoms with van der Waals surface area (Å²) in [6.45, 7) is 4.78. The van der Waals surface area contributed by atoms with E-state index in [1.807, 2.05) is 0 Å². The van der Waals surface area contributed by atoms with Crippen LogP contribution in [-0.2, 0) is 4.79 Å². The predicted octanol–water partition coefficient (Wildman–Crippen LogP) is 1.19. The molecule has 0 aliphatic carbocycles. The van der Waals surface area contributed by atoms with Crippen LogP contribution in [0.3, 0.4) is 0 Å². The van der Waals surface area contributed by atoms with E-state index in [-0.39, 0.29) is 5.91 Å². The van der Waals surface area contributed by atoms with E-state index < -0.39 is 0 Å². The number of aryl methyl sites for hydroxylation is 1. The molecule has 1 aliphatic heterocycles. The van der Waals surface area contributed by atoms with Crippen molar-refractivity contribution in [2.24, 2.45) is 0 Å². The molecule has 1 aromatic rings. The van der Waals surface area contributed by atoms with E-state index in [1.54, 1.807) is 6.92 Å². The first kappa shape index (κ1) is 12.0. The highest BCUT2D eigenvalue weighted by Gasteiger charge is 2.13. The first-order chi connectivity index (χ1) is 8.25. The third-order valence-corrected chi connectivity index (χ3v) is 3.01. The van der Waals surface area contributed by atoms with Gasteiger partial charge in [0, 0.05) is 13.0 Å². The van der Waals surface area contributed by atoms with Crippen molar-refractivity contribution < 1.29 is 9.42 Å². The molecule has 1 amide bonds. The fourth-order valence-electron chi connectivity index (χ4n) is 1.98. The van der Waals surface area contributed by atoms with Gasteiger partial charge in [-0.15, -0.1) is 0 Å². The highest BCUT2D eigenvalue weighted by Crippen LogP contribution is 2.10. The van der Waals surface area contributed by atoms with Crippen molar-refractivity contribution in [2.45, 2.75) is 32.6 Å². The molecule has 17 heavy (non-hydrogen) atoms. The Balaban J connectivity index is 1.72. The molecule has 0 bridgehead atoms. The smallest absolute Gasteiger partial charge is 0.226 e. The summed E-state index contributed by atoms with van der Waals surface area (Å²) in [5.41, 5.74) is 0.608. The van der Waals surface area contributed by atoms with E-state index in [9.17, 15) is 4.79 Å². The second kappa shape index (κ2) is 5.77. The lowest BCUT2D eigenvalue weighted by Gasteiger charge is -2.25. The van der Waals surface area contributed by atoms with E-state index in [4.69, 9.17) is 0 Å². The highest BCUT2D eigenvalue weighted by molar-refractivity contribution is 5.90. The zero-order valence-electron chi connectivity index (χ0n) is 10.1. The highest BCUT2D eigenvalue weighted by atomic mass is 16.6. The van der Waals surface area contributed by atoms with Gasteiger partial charge in [-0.25, -0.2) is 4.63 Å². The Kier molecular flexibility index (Phi) is 4.08. The molecular weight excluding hydrogens is 220 g/mol. The summed E-state index contributed by atoms with van der Waals surface area (Å²) in [6, 6.07) is 0. The van der Waals surface area contributed by atoms with Crippen LogP contribution >= 0.6 is 0 Å². The van der Waals surface area contributed by atoms with Crippen LogP contribution in [0.4, 0.5) is 5.82 Å². The van der Waals surface area contributed by atoms with Crippen LogP contribution in [0.1, 0.15) is 31.4 Å². The number of piperidine rings is 1. The number of likely N-dealkylation sites (tertiary alicyclic amines) is 1. The normalized spacial score (nSPS) is 17.0. The summed E-state index contributed by atoms with van der Waals surface area (Å²) in [5.74, 6) is 0.392. The zero-order chi connectivity index (χ0) is 12.1. The summed E-state index contributed by atoms with van der Waals surface area (Å²) in [4.78, 5) is 14.0. The summed E-state index contributed by atoms with van der Waals surface area (Å²) in [6.07, 6.45) is 4.29. The van der Waals surface area contributed by atoms with Crippen LogP contribution in [0, 0.1) is 6.92 Å². The van der Waals surface area contributed by atoms with Crippen LogP contribution in [0.5, 0.6) is 0 Å². The van der Waals surface area contributed by atoms with E-state index >= 15 is 0 Å². The zero-order valence-corrected chi connectivity index (χ0v) is 10.1. The fourth-order valence-corrected chi connectivity index (χ4v) is 1.98. The molecule has 6 nitrogen and oxygen atoms in total. The number of amides is 1. The third kappa shape index (κ3) is 3.52. The molecular formula is C11H18N4O2. The number of nitrogens with one attached hydrogen (secondary N) is 1. The molecule has 1 aliphatic rings.